The van der Waals surface area contributed by atoms with Gasteiger partial charge in [-0.3, -0.25) is 4.79 Å². The predicted molar refractivity (Wildman–Crippen MR) is 76.6 cm³/mol. The zero-order valence-electron chi connectivity index (χ0n) is 11.4. The summed E-state index contributed by atoms with van der Waals surface area (Å²) in [6, 6.07) is 10.8. The fourth-order valence-corrected chi connectivity index (χ4v) is 1.99. The van der Waals surface area contributed by atoms with Gasteiger partial charge in [-0.25, -0.2) is 4.39 Å². The number of anilines is 1. The van der Waals surface area contributed by atoms with Crippen molar-refractivity contribution in [3.63, 3.8) is 0 Å². The molecule has 0 spiro atoms. The lowest BCUT2D eigenvalue weighted by molar-refractivity contribution is 0.0985. The van der Waals surface area contributed by atoms with Crippen LogP contribution in [0.15, 0.2) is 42.5 Å². The third-order valence-corrected chi connectivity index (χ3v) is 3.10. The summed E-state index contributed by atoms with van der Waals surface area (Å²) in [5.74, 6) is -1.19. The molecule has 1 N–H and O–H groups in total. The number of carbonyl (C=O) groups is 1. The van der Waals surface area contributed by atoms with Crippen molar-refractivity contribution in [1.29, 1.82) is 0 Å². The molecule has 0 unspecified atom stereocenters. The van der Waals surface area contributed by atoms with Gasteiger partial charge in [0.25, 0.3) is 5.91 Å². The van der Waals surface area contributed by atoms with Crippen molar-refractivity contribution in [2.24, 2.45) is 0 Å². The van der Waals surface area contributed by atoms with Crippen LogP contribution >= 0.6 is 0 Å². The smallest absolute Gasteiger partial charge is 0.262 e. The maximum absolute atomic E-state index is 13.2. The second-order valence-corrected chi connectivity index (χ2v) is 4.55. The summed E-state index contributed by atoms with van der Waals surface area (Å²) < 4.78 is 13.2. The van der Waals surface area contributed by atoms with Crippen LogP contribution in [0, 0.1) is 12.7 Å². The van der Waals surface area contributed by atoms with E-state index in [1.165, 1.54) is 11.0 Å². The molecule has 3 nitrogen and oxygen atoms in total. The highest BCUT2D eigenvalue weighted by atomic mass is 19.1. The molecule has 0 atom stereocenters. The van der Waals surface area contributed by atoms with Crippen LogP contribution in [-0.2, 0) is 0 Å². The molecule has 2 rings (SSSR count). The van der Waals surface area contributed by atoms with Gasteiger partial charge < -0.3 is 10.0 Å². The monoisotopic (exact) mass is 273 g/mol. The first-order valence-corrected chi connectivity index (χ1v) is 6.40. The fraction of sp³-hybridized carbons (Fsp3) is 0.188. The number of aryl methyl sites for hydroxylation is 1. The summed E-state index contributed by atoms with van der Waals surface area (Å²) in [6.45, 7) is 4.21. The van der Waals surface area contributed by atoms with E-state index >= 15 is 0 Å². The lowest BCUT2D eigenvalue weighted by Crippen LogP contribution is -2.30. The number of hydrogen-bond acceptors (Lipinski definition) is 2. The van der Waals surface area contributed by atoms with E-state index in [1.54, 1.807) is 0 Å². The quantitative estimate of drug-likeness (QED) is 0.929. The molecule has 4 heteroatoms. The zero-order chi connectivity index (χ0) is 14.7. The summed E-state index contributed by atoms with van der Waals surface area (Å²) in [7, 11) is 0. The normalized spacial score (nSPS) is 10.3. The third kappa shape index (κ3) is 2.79. The van der Waals surface area contributed by atoms with Gasteiger partial charge in [0.15, 0.2) is 0 Å². The van der Waals surface area contributed by atoms with Gasteiger partial charge in [-0.15, -0.1) is 0 Å². The second-order valence-electron chi connectivity index (χ2n) is 4.55. The molecule has 0 aromatic heterocycles. The van der Waals surface area contributed by atoms with E-state index in [-0.39, 0.29) is 11.3 Å². The molecule has 0 aliphatic carbocycles. The van der Waals surface area contributed by atoms with Crippen molar-refractivity contribution in [1.82, 2.24) is 0 Å². The highest BCUT2D eigenvalue weighted by Crippen LogP contribution is 2.23. The van der Waals surface area contributed by atoms with Crippen LogP contribution < -0.4 is 4.90 Å². The van der Waals surface area contributed by atoms with Gasteiger partial charge >= 0.3 is 0 Å². The van der Waals surface area contributed by atoms with Gasteiger partial charge in [0.2, 0.25) is 0 Å². The molecule has 0 fully saturated rings. The Bertz CT molecular complexity index is 623. The Morgan fingerprint density at radius 1 is 1.20 bits per heavy atom. The Balaban J connectivity index is 2.38. The van der Waals surface area contributed by atoms with Crippen molar-refractivity contribution >= 4 is 11.6 Å². The molecule has 0 saturated carbocycles. The van der Waals surface area contributed by atoms with Crippen molar-refractivity contribution in [2.45, 2.75) is 13.8 Å². The Morgan fingerprint density at radius 3 is 2.45 bits per heavy atom. The Labute approximate surface area is 117 Å². The lowest BCUT2D eigenvalue weighted by atomic mass is 10.1. The molecule has 2 aromatic rings. The largest absolute Gasteiger partial charge is 0.507 e. The summed E-state index contributed by atoms with van der Waals surface area (Å²) in [5.41, 5.74) is 1.77. The molecular formula is C16H16FNO2. The molecule has 0 bridgehead atoms. The van der Waals surface area contributed by atoms with Crippen LogP contribution in [0.2, 0.25) is 0 Å². The van der Waals surface area contributed by atoms with Gasteiger partial charge in [0.05, 0.1) is 5.56 Å². The van der Waals surface area contributed by atoms with Crippen LogP contribution in [0.3, 0.4) is 0 Å². The van der Waals surface area contributed by atoms with Crippen LogP contribution in [0.1, 0.15) is 22.8 Å². The first-order chi connectivity index (χ1) is 9.52. The van der Waals surface area contributed by atoms with Crippen molar-refractivity contribution < 1.29 is 14.3 Å². The fourth-order valence-electron chi connectivity index (χ4n) is 1.99. The summed E-state index contributed by atoms with van der Waals surface area (Å²) in [4.78, 5) is 13.9. The number of phenolic OH excluding ortho intramolecular Hbond substituents is 1. The van der Waals surface area contributed by atoms with Gasteiger partial charge in [-0.05, 0) is 44.2 Å². The van der Waals surface area contributed by atoms with E-state index in [2.05, 4.69) is 0 Å². The third-order valence-electron chi connectivity index (χ3n) is 3.10. The first-order valence-electron chi connectivity index (χ1n) is 6.40. The highest BCUT2D eigenvalue weighted by Gasteiger charge is 2.19. The minimum atomic E-state index is -0.550. The van der Waals surface area contributed by atoms with Crippen LogP contribution in [0.5, 0.6) is 5.75 Å². The molecule has 20 heavy (non-hydrogen) atoms. The van der Waals surface area contributed by atoms with E-state index in [1.807, 2.05) is 38.1 Å². The molecule has 0 heterocycles. The van der Waals surface area contributed by atoms with E-state index in [0.717, 1.165) is 17.7 Å². The minimum Gasteiger partial charge on any atom is -0.507 e. The maximum atomic E-state index is 13.2. The number of aromatic hydroxyl groups is 1. The molecule has 0 aliphatic rings. The van der Waals surface area contributed by atoms with E-state index in [9.17, 15) is 14.3 Å². The zero-order valence-corrected chi connectivity index (χ0v) is 11.4. The number of rotatable bonds is 3. The summed E-state index contributed by atoms with van der Waals surface area (Å²) >= 11 is 0. The van der Waals surface area contributed by atoms with Crippen LogP contribution in [-0.4, -0.2) is 17.6 Å². The molecule has 1 amide bonds. The number of carbonyl (C=O) groups excluding carboxylic acids is 1. The Hall–Kier alpha value is -2.36. The first kappa shape index (κ1) is 14.1. The van der Waals surface area contributed by atoms with Crippen molar-refractivity contribution in [3.05, 3.63) is 59.4 Å². The molecule has 104 valence electrons. The standard InChI is InChI=1S/C16H16FNO2/c1-3-18(13-7-4-11(2)5-8-13)16(20)14-10-12(17)6-9-15(14)19/h4-10,19H,3H2,1-2H3. The molecule has 0 saturated heterocycles. The summed E-state index contributed by atoms with van der Waals surface area (Å²) in [6.07, 6.45) is 0. The lowest BCUT2D eigenvalue weighted by Gasteiger charge is -2.21. The number of benzene rings is 2. The number of nitrogens with zero attached hydrogens (tertiary/aromatic N) is 1. The number of phenols is 1. The minimum absolute atomic E-state index is 0.0348. The molecule has 2 aromatic carbocycles. The van der Waals surface area contributed by atoms with Crippen molar-refractivity contribution in [2.75, 3.05) is 11.4 Å². The van der Waals surface area contributed by atoms with Crippen LogP contribution in [0.4, 0.5) is 10.1 Å². The van der Waals surface area contributed by atoms with Gasteiger partial charge in [0, 0.05) is 12.2 Å². The molecule has 0 radical (unpaired) electrons. The van der Waals surface area contributed by atoms with Gasteiger partial charge in [-0.2, -0.15) is 0 Å². The SMILES string of the molecule is CCN(C(=O)c1cc(F)ccc1O)c1ccc(C)cc1. The topological polar surface area (TPSA) is 40.5 Å². The summed E-state index contributed by atoms with van der Waals surface area (Å²) in [5, 5.41) is 9.73. The Morgan fingerprint density at radius 2 is 1.85 bits per heavy atom. The van der Waals surface area contributed by atoms with Crippen LogP contribution in [0.25, 0.3) is 0 Å². The molecule has 0 aliphatic heterocycles. The average Bonchev–Trinajstić information content (AvgIpc) is 2.44. The highest BCUT2D eigenvalue weighted by molar-refractivity contribution is 6.07. The van der Waals surface area contributed by atoms with Gasteiger partial charge in [-0.1, -0.05) is 17.7 Å². The maximum Gasteiger partial charge on any atom is 0.262 e. The van der Waals surface area contributed by atoms with E-state index in [0.29, 0.717) is 12.2 Å². The van der Waals surface area contributed by atoms with E-state index in [4.69, 9.17) is 0 Å². The molecular weight excluding hydrogens is 257 g/mol. The van der Waals surface area contributed by atoms with E-state index < -0.39 is 11.7 Å². The Kier molecular flexibility index (Phi) is 4.03. The number of halogens is 1. The number of amides is 1. The van der Waals surface area contributed by atoms with Crippen molar-refractivity contribution in [3.8, 4) is 5.75 Å². The average molecular weight is 273 g/mol. The second kappa shape index (κ2) is 5.74. The number of hydrogen-bond donors (Lipinski definition) is 1. The predicted octanol–water partition coefficient (Wildman–Crippen LogP) is 3.51. The van der Waals surface area contributed by atoms with Gasteiger partial charge in [0.1, 0.15) is 11.6 Å².